The van der Waals surface area contributed by atoms with E-state index in [0.29, 0.717) is 19.0 Å². The molecule has 2 aliphatic heterocycles. The van der Waals surface area contributed by atoms with Crippen molar-refractivity contribution < 1.29 is 14.4 Å². The van der Waals surface area contributed by atoms with E-state index in [1.807, 2.05) is 6.92 Å². The fourth-order valence-corrected chi connectivity index (χ4v) is 4.01. The highest BCUT2D eigenvalue weighted by atomic mass is 35.5. The molecule has 24 heavy (non-hydrogen) atoms. The number of amides is 4. The molecule has 136 valence electrons. The summed E-state index contributed by atoms with van der Waals surface area (Å²) in [6.45, 7) is 3.34. The van der Waals surface area contributed by atoms with Crippen LogP contribution in [0.4, 0.5) is 4.79 Å². The zero-order chi connectivity index (χ0) is 16.4. The number of rotatable bonds is 4. The SMILES string of the molecule is CC1CCCCC12NC(=O)N(CC(=O)NCC1CCCN1)C2=O.Cl. The summed E-state index contributed by atoms with van der Waals surface area (Å²) in [5.74, 6) is -0.394. The largest absolute Gasteiger partial charge is 0.353 e. The van der Waals surface area contributed by atoms with Crippen LogP contribution in [0.15, 0.2) is 0 Å². The van der Waals surface area contributed by atoms with E-state index in [2.05, 4.69) is 16.0 Å². The van der Waals surface area contributed by atoms with Gasteiger partial charge in [0.2, 0.25) is 5.91 Å². The molecule has 3 atom stereocenters. The average molecular weight is 359 g/mol. The van der Waals surface area contributed by atoms with Crippen molar-refractivity contribution in [1.29, 1.82) is 0 Å². The fourth-order valence-electron chi connectivity index (χ4n) is 4.01. The van der Waals surface area contributed by atoms with Gasteiger partial charge in [-0.2, -0.15) is 0 Å². The van der Waals surface area contributed by atoms with Gasteiger partial charge in [0.25, 0.3) is 5.91 Å². The molecular formula is C16H27ClN4O3. The molecule has 3 N–H and O–H groups in total. The number of urea groups is 1. The van der Waals surface area contributed by atoms with E-state index < -0.39 is 11.6 Å². The molecule has 3 aliphatic rings. The van der Waals surface area contributed by atoms with Crippen LogP contribution in [-0.4, -0.2) is 54.0 Å². The number of halogens is 1. The first-order valence-electron chi connectivity index (χ1n) is 8.67. The maximum atomic E-state index is 12.7. The van der Waals surface area contributed by atoms with Crippen molar-refractivity contribution in [1.82, 2.24) is 20.9 Å². The molecule has 4 amide bonds. The molecule has 3 unspecified atom stereocenters. The molecule has 0 aromatic rings. The van der Waals surface area contributed by atoms with Gasteiger partial charge in [0.15, 0.2) is 0 Å². The topological polar surface area (TPSA) is 90.5 Å². The highest BCUT2D eigenvalue weighted by molar-refractivity contribution is 6.09. The summed E-state index contributed by atoms with van der Waals surface area (Å²) >= 11 is 0. The van der Waals surface area contributed by atoms with Gasteiger partial charge in [-0.3, -0.25) is 14.5 Å². The van der Waals surface area contributed by atoms with Crippen molar-refractivity contribution >= 4 is 30.3 Å². The lowest BCUT2D eigenvalue weighted by Crippen LogP contribution is -2.54. The molecule has 3 fully saturated rings. The minimum Gasteiger partial charge on any atom is -0.353 e. The molecule has 1 saturated carbocycles. The summed E-state index contributed by atoms with van der Waals surface area (Å²) in [4.78, 5) is 38.1. The summed E-state index contributed by atoms with van der Waals surface area (Å²) in [5, 5.41) is 8.99. The number of carbonyl (C=O) groups excluding carboxylic acids is 3. The monoisotopic (exact) mass is 358 g/mol. The van der Waals surface area contributed by atoms with Gasteiger partial charge in [0.1, 0.15) is 12.1 Å². The molecule has 0 aromatic heterocycles. The van der Waals surface area contributed by atoms with Crippen LogP contribution in [0.1, 0.15) is 45.4 Å². The maximum Gasteiger partial charge on any atom is 0.325 e. The minimum absolute atomic E-state index is 0. The predicted molar refractivity (Wildman–Crippen MR) is 91.9 cm³/mol. The molecule has 0 aromatic carbocycles. The standard InChI is InChI=1S/C16H26N4O3.ClH/c1-11-5-2-3-7-16(11)14(22)20(15(23)19-16)10-13(21)18-9-12-6-4-8-17-12;/h11-12,17H,2-10H2,1H3,(H,18,21)(H,19,23);1H. The Morgan fingerprint density at radius 3 is 2.75 bits per heavy atom. The summed E-state index contributed by atoms with van der Waals surface area (Å²) in [7, 11) is 0. The van der Waals surface area contributed by atoms with Crippen LogP contribution >= 0.6 is 12.4 Å². The van der Waals surface area contributed by atoms with Crippen molar-refractivity contribution in [3.8, 4) is 0 Å². The third-order valence-corrected chi connectivity index (χ3v) is 5.51. The molecule has 3 rings (SSSR count). The van der Waals surface area contributed by atoms with Gasteiger partial charge in [-0.05, 0) is 38.1 Å². The first kappa shape index (κ1) is 19.0. The highest BCUT2D eigenvalue weighted by Gasteiger charge is 2.55. The number of hydrogen-bond acceptors (Lipinski definition) is 4. The van der Waals surface area contributed by atoms with Crippen LogP contribution in [0.25, 0.3) is 0 Å². The van der Waals surface area contributed by atoms with Crippen molar-refractivity contribution in [2.24, 2.45) is 5.92 Å². The van der Waals surface area contributed by atoms with Gasteiger partial charge in [0, 0.05) is 12.6 Å². The van der Waals surface area contributed by atoms with Gasteiger partial charge in [-0.1, -0.05) is 19.8 Å². The molecule has 2 saturated heterocycles. The van der Waals surface area contributed by atoms with Crippen LogP contribution in [0.5, 0.6) is 0 Å². The van der Waals surface area contributed by atoms with E-state index in [9.17, 15) is 14.4 Å². The summed E-state index contributed by atoms with van der Waals surface area (Å²) in [6.07, 6.45) is 5.78. The highest BCUT2D eigenvalue weighted by Crippen LogP contribution is 2.38. The second kappa shape index (κ2) is 7.70. The number of hydrogen-bond donors (Lipinski definition) is 3. The Balaban J connectivity index is 0.00000208. The third-order valence-electron chi connectivity index (χ3n) is 5.51. The smallest absolute Gasteiger partial charge is 0.325 e. The van der Waals surface area contributed by atoms with Crippen LogP contribution in [-0.2, 0) is 9.59 Å². The van der Waals surface area contributed by atoms with Crippen LogP contribution in [0.2, 0.25) is 0 Å². The molecule has 1 aliphatic carbocycles. The van der Waals surface area contributed by atoms with Crippen LogP contribution in [0, 0.1) is 5.92 Å². The Morgan fingerprint density at radius 2 is 2.08 bits per heavy atom. The Labute approximate surface area is 148 Å². The predicted octanol–water partition coefficient (Wildman–Crippen LogP) is 0.777. The Morgan fingerprint density at radius 1 is 1.29 bits per heavy atom. The number of carbonyl (C=O) groups is 3. The van der Waals surface area contributed by atoms with E-state index >= 15 is 0 Å². The number of nitrogens with one attached hydrogen (secondary N) is 3. The summed E-state index contributed by atoms with van der Waals surface area (Å²) < 4.78 is 0. The average Bonchev–Trinajstić information content (AvgIpc) is 3.12. The fraction of sp³-hybridized carbons (Fsp3) is 0.812. The van der Waals surface area contributed by atoms with Crippen LogP contribution in [0.3, 0.4) is 0 Å². The van der Waals surface area contributed by atoms with Crippen molar-refractivity contribution in [2.75, 3.05) is 19.6 Å². The second-order valence-corrected chi connectivity index (χ2v) is 7.04. The first-order valence-corrected chi connectivity index (χ1v) is 8.67. The van der Waals surface area contributed by atoms with Crippen molar-refractivity contribution in [3.05, 3.63) is 0 Å². The van der Waals surface area contributed by atoms with Gasteiger partial charge in [-0.25, -0.2) is 4.79 Å². The van der Waals surface area contributed by atoms with Gasteiger partial charge < -0.3 is 16.0 Å². The Bertz CT molecular complexity index is 510. The quantitative estimate of drug-likeness (QED) is 0.648. The molecule has 7 nitrogen and oxygen atoms in total. The van der Waals surface area contributed by atoms with Gasteiger partial charge in [-0.15, -0.1) is 12.4 Å². The van der Waals surface area contributed by atoms with E-state index in [-0.39, 0.29) is 36.7 Å². The molecule has 1 spiro atoms. The van der Waals surface area contributed by atoms with Crippen molar-refractivity contribution in [2.45, 2.75) is 57.0 Å². The lowest BCUT2D eigenvalue weighted by atomic mass is 9.73. The zero-order valence-electron chi connectivity index (χ0n) is 14.1. The number of nitrogens with zero attached hydrogens (tertiary/aromatic N) is 1. The molecule has 2 heterocycles. The minimum atomic E-state index is -0.789. The van der Waals surface area contributed by atoms with E-state index in [4.69, 9.17) is 0 Å². The first-order chi connectivity index (χ1) is 11.0. The summed E-state index contributed by atoms with van der Waals surface area (Å²) in [5.41, 5.74) is -0.789. The Hall–Kier alpha value is -1.34. The Kier molecular flexibility index (Phi) is 6.09. The van der Waals surface area contributed by atoms with E-state index in [1.165, 1.54) is 0 Å². The van der Waals surface area contributed by atoms with Crippen LogP contribution < -0.4 is 16.0 Å². The van der Waals surface area contributed by atoms with E-state index in [1.54, 1.807) is 0 Å². The normalized spacial score (nSPS) is 32.6. The van der Waals surface area contributed by atoms with E-state index in [0.717, 1.165) is 43.5 Å². The van der Waals surface area contributed by atoms with Gasteiger partial charge in [0.05, 0.1) is 0 Å². The van der Waals surface area contributed by atoms with Gasteiger partial charge >= 0.3 is 6.03 Å². The van der Waals surface area contributed by atoms with Crippen molar-refractivity contribution in [3.63, 3.8) is 0 Å². The molecule has 8 heteroatoms. The zero-order valence-corrected chi connectivity index (χ0v) is 14.9. The number of imide groups is 1. The molecular weight excluding hydrogens is 332 g/mol. The third kappa shape index (κ3) is 3.52. The lowest BCUT2D eigenvalue weighted by molar-refractivity contribution is -0.137. The second-order valence-electron chi connectivity index (χ2n) is 7.04. The lowest BCUT2D eigenvalue weighted by Gasteiger charge is -2.36. The maximum absolute atomic E-state index is 12.7. The summed E-state index contributed by atoms with van der Waals surface area (Å²) in [6, 6.07) is -0.135. The molecule has 0 bridgehead atoms. The molecule has 0 radical (unpaired) electrons.